The number of hydrogen-bond acceptors (Lipinski definition) is 3. The van der Waals surface area contributed by atoms with Crippen LogP contribution in [-0.4, -0.2) is 48.2 Å². The van der Waals surface area contributed by atoms with Crippen LogP contribution in [0.2, 0.25) is 5.02 Å². The van der Waals surface area contributed by atoms with Crippen LogP contribution in [0.25, 0.3) is 0 Å². The van der Waals surface area contributed by atoms with Crippen molar-refractivity contribution in [2.24, 2.45) is 0 Å². The highest BCUT2D eigenvalue weighted by Crippen LogP contribution is 2.18. The van der Waals surface area contributed by atoms with E-state index in [1.807, 2.05) is 6.92 Å². The first-order valence-electron chi connectivity index (χ1n) is 5.93. The average Bonchev–Trinajstić information content (AvgIpc) is 2.77. The van der Waals surface area contributed by atoms with Gasteiger partial charge < -0.3 is 15.3 Å². The lowest BCUT2D eigenvalue weighted by Gasteiger charge is -2.26. The second kappa shape index (κ2) is 5.26. The Morgan fingerprint density at radius 3 is 2.78 bits per heavy atom. The zero-order chi connectivity index (χ0) is 13.3. The van der Waals surface area contributed by atoms with Gasteiger partial charge >= 0.3 is 0 Å². The number of nitrogens with zero attached hydrogens (tertiary/aromatic N) is 1. The van der Waals surface area contributed by atoms with E-state index in [0.29, 0.717) is 23.7 Å². The van der Waals surface area contributed by atoms with Gasteiger partial charge in [-0.15, -0.1) is 0 Å². The summed E-state index contributed by atoms with van der Waals surface area (Å²) in [6, 6.07) is 5.04. The summed E-state index contributed by atoms with van der Waals surface area (Å²) in [7, 11) is 1.72. The molecule has 1 heterocycles. The lowest BCUT2D eigenvalue weighted by Crippen LogP contribution is -2.44. The molecule has 0 saturated carbocycles. The van der Waals surface area contributed by atoms with Crippen LogP contribution in [-0.2, 0) is 0 Å². The number of halogens is 1. The standard InChI is InChI=1S/C13H17ClN2O2/c1-8-5-9(3-4-10(8)14)13(18)16(2)11-6-15-7-12(11)17/h3-5,11-12,15,17H,6-7H2,1-2H3/t11-,12-/m1/s1. The van der Waals surface area contributed by atoms with Crippen molar-refractivity contribution < 1.29 is 9.90 Å². The maximum Gasteiger partial charge on any atom is 0.253 e. The van der Waals surface area contributed by atoms with E-state index in [1.54, 1.807) is 30.1 Å². The molecule has 5 heteroatoms. The minimum absolute atomic E-state index is 0.0949. The Hall–Kier alpha value is -1.10. The Bertz CT molecular complexity index is 464. The van der Waals surface area contributed by atoms with E-state index in [0.717, 1.165) is 5.56 Å². The number of aliphatic hydroxyl groups is 1. The van der Waals surface area contributed by atoms with Crippen molar-refractivity contribution in [1.82, 2.24) is 10.2 Å². The molecule has 1 aromatic rings. The summed E-state index contributed by atoms with van der Waals surface area (Å²) >= 11 is 5.94. The Morgan fingerprint density at radius 2 is 2.22 bits per heavy atom. The summed E-state index contributed by atoms with van der Waals surface area (Å²) in [5.41, 5.74) is 1.47. The Morgan fingerprint density at radius 1 is 1.50 bits per heavy atom. The van der Waals surface area contributed by atoms with Crippen LogP contribution in [0, 0.1) is 6.92 Å². The number of rotatable bonds is 2. The summed E-state index contributed by atoms with van der Waals surface area (Å²) < 4.78 is 0. The van der Waals surface area contributed by atoms with Gasteiger partial charge in [0.25, 0.3) is 5.91 Å². The fourth-order valence-corrected chi connectivity index (χ4v) is 2.30. The molecular formula is C13H17ClN2O2. The van der Waals surface area contributed by atoms with Crippen molar-refractivity contribution in [3.05, 3.63) is 34.3 Å². The van der Waals surface area contributed by atoms with E-state index >= 15 is 0 Å². The Balaban J connectivity index is 2.17. The number of aliphatic hydroxyl groups excluding tert-OH is 1. The predicted octanol–water partition coefficient (Wildman–Crippen LogP) is 1.05. The minimum atomic E-state index is -0.507. The summed E-state index contributed by atoms with van der Waals surface area (Å²) in [5.74, 6) is -0.0949. The number of nitrogens with one attached hydrogen (secondary N) is 1. The van der Waals surface area contributed by atoms with Gasteiger partial charge in [-0.2, -0.15) is 0 Å². The topological polar surface area (TPSA) is 52.6 Å². The minimum Gasteiger partial charge on any atom is -0.390 e. The van der Waals surface area contributed by atoms with E-state index in [4.69, 9.17) is 11.6 Å². The van der Waals surface area contributed by atoms with Gasteiger partial charge in [0.15, 0.2) is 0 Å². The summed E-state index contributed by atoms with van der Waals surface area (Å²) in [5, 5.41) is 13.5. The molecule has 2 atom stereocenters. The third kappa shape index (κ3) is 2.51. The number of β-amino-alcohol motifs (C(OH)–C–C–N with tert-alkyl or cyclic N) is 1. The molecule has 0 aliphatic carbocycles. The van der Waals surface area contributed by atoms with Crippen molar-refractivity contribution in [3.8, 4) is 0 Å². The number of hydrogen-bond donors (Lipinski definition) is 2. The normalized spacial score (nSPS) is 23.1. The molecule has 1 aliphatic heterocycles. The Kier molecular flexibility index (Phi) is 3.90. The van der Waals surface area contributed by atoms with Crippen LogP contribution >= 0.6 is 11.6 Å². The molecule has 2 N–H and O–H groups in total. The van der Waals surface area contributed by atoms with E-state index in [1.165, 1.54) is 0 Å². The highest BCUT2D eigenvalue weighted by molar-refractivity contribution is 6.31. The van der Waals surface area contributed by atoms with Crippen molar-refractivity contribution in [2.45, 2.75) is 19.1 Å². The molecule has 1 aliphatic rings. The van der Waals surface area contributed by atoms with Crippen molar-refractivity contribution >= 4 is 17.5 Å². The predicted molar refractivity (Wildman–Crippen MR) is 70.9 cm³/mol. The first-order valence-corrected chi connectivity index (χ1v) is 6.30. The lowest BCUT2D eigenvalue weighted by atomic mass is 10.1. The molecule has 18 heavy (non-hydrogen) atoms. The third-order valence-corrected chi connectivity index (χ3v) is 3.80. The monoisotopic (exact) mass is 268 g/mol. The van der Waals surface area contributed by atoms with Gasteiger partial charge in [-0.05, 0) is 30.7 Å². The fraction of sp³-hybridized carbons (Fsp3) is 0.462. The number of aryl methyl sites for hydroxylation is 1. The smallest absolute Gasteiger partial charge is 0.253 e. The quantitative estimate of drug-likeness (QED) is 0.843. The van der Waals surface area contributed by atoms with Crippen LogP contribution in [0.3, 0.4) is 0 Å². The second-order valence-corrected chi connectivity index (χ2v) is 5.08. The van der Waals surface area contributed by atoms with Crippen LogP contribution in [0.15, 0.2) is 18.2 Å². The first-order chi connectivity index (χ1) is 8.50. The molecule has 0 spiro atoms. The van der Waals surface area contributed by atoms with Crippen molar-refractivity contribution in [2.75, 3.05) is 20.1 Å². The van der Waals surface area contributed by atoms with E-state index in [9.17, 15) is 9.90 Å². The van der Waals surface area contributed by atoms with Gasteiger partial charge in [0.1, 0.15) is 0 Å². The molecule has 1 amide bonds. The van der Waals surface area contributed by atoms with E-state index in [-0.39, 0.29) is 11.9 Å². The van der Waals surface area contributed by atoms with Crippen LogP contribution in [0.4, 0.5) is 0 Å². The molecule has 0 aromatic heterocycles. The highest BCUT2D eigenvalue weighted by Gasteiger charge is 2.31. The zero-order valence-electron chi connectivity index (χ0n) is 10.5. The average molecular weight is 269 g/mol. The number of amides is 1. The van der Waals surface area contributed by atoms with E-state index < -0.39 is 6.10 Å². The number of carbonyl (C=O) groups excluding carboxylic acids is 1. The molecule has 1 saturated heterocycles. The molecule has 4 nitrogen and oxygen atoms in total. The number of benzene rings is 1. The maximum absolute atomic E-state index is 12.3. The van der Waals surface area contributed by atoms with Crippen molar-refractivity contribution in [1.29, 1.82) is 0 Å². The van der Waals surface area contributed by atoms with Gasteiger partial charge in [0, 0.05) is 30.7 Å². The fourth-order valence-electron chi connectivity index (χ4n) is 2.18. The highest BCUT2D eigenvalue weighted by atomic mass is 35.5. The van der Waals surface area contributed by atoms with Gasteiger partial charge in [0.05, 0.1) is 12.1 Å². The summed E-state index contributed by atoms with van der Waals surface area (Å²) in [4.78, 5) is 13.9. The molecule has 1 aromatic carbocycles. The van der Waals surface area contributed by atoms with Crippen LogP contribution < -0.4 is 5.32 Å². The maximum atomic E-state index is 12.3. The zero-order valence-corrected chi connectivity index (χ0v) is 11.2. The number of likely N-dealkylation sites (N-methyl/N-ethyl adjacent to an activating group) is 1. The van der Waals surface area contributed by atoms with Crippen molar-refractivity contribution in [3.63, 3.8) is 0 Å². The molecule has 0 unspecified atom stereocenters. The molecule has 0 bridgehead atoms. The van der Waals surface area contributed by atoms with Crippen LogP contribution in [0.5, 0.6) is 0 Å². The van der Waals surface area contributed by atoms with Gasteiger partial charge in [0.2, 0.25) is 0 Å². The molecule has 2 rings (SSSR count). The molecule has 1 fully saturated rings. The van der Waals surface area contributed by atoms with Gasteiger partial charge in [-0.1, -0.05) is 11.6 Å². The molecule has 0 radical (unpaired) electrons. The first kappa shape index (κ1) is 13.3. The third-order valence-electron chi connectivity index (χ3n) is 3.37. The van der Waals surface area contributed by atoms with Gasteiger partial charge in [-0.25, -0.2) is 0 Å². The van der Waals surface area contributed by atoms with Gasteiger partial charge in [-0.3, -0.25) is 4.79 Å². The molecular weight excluding hydrogens is 252 g/mol. The Labute approximate surface area is 112 Å². The summed E-state index contributed by atoms with van der Waals surface area (Å²) in [6.45, 7) is 3.02. The SMILES string of the molecule is Cc1cc(C(=O)N(C)[C@@H]2CNC[C@H]2O)ccc1Cl. The summed E-state index contributed by atoms with van der Waals surface area (Å²) in [6.07, 6.45) is -0.507. The second-order valence-electron chi connectivity index (χ2n) is 4.67. The van der Waals surface area contributed by atoms with E-state index in [2.05, 4.69) is 5.32 Å². The number of carbonyl (C=O) groups is 1. The largest absolute Gasteiger partial charge is 0.390 e. The lowest BCUT2D eigenvalue weighted by molar-refractivity contribution is 0.0581. The van der Waals surface area contributed by atoms with Crippen LogP contribution in [0.1, 0.15) is 15.9 Å². The molecule has 98 valence electrons.